The number of rotatable bonds is 7. The van der Waals surface area contributed by atoms with Crippen molar-refractivity contribution in [2.24, 2.45) is 0 Å². The Bertz CT molecular complexity index is 388. The summed E-state index contributed by atoms with van der Waals surface area (Å²) < 4.78 is 5.79. The van der Waals surface area contributed by atoms with E-state index >= 15 is 0 Å². The molecular formula is C16H23NO. The summed E-state index contributed by atoms with van der Waals surface area (Å²) in [6, 6.07) is 8.90. The molecule has 98 valence electrons. The lowest BCUT2D eigenvalue weighted by Crippen LogP contribution is -2.36. The van der Waals surface area contributed by atoms with Gasteiger partial charge in [-0.1, -0.05) is 31.2 Å². The Labute approximate surface area is 110 Å². The minimum atomic E-state index is 0.479. The van der Waals surface area contributed by atoms with Gasteiger partial charge in [0.2, 0.25) is 0 Å². The third-order valence-corrected chi connectivity index (χ3v) is 3.56. The Morgan fingerprint density at radius 2 is 2.33 bits per heavy atom. The maximum Gasteiger partial charge on any atom is 0.122 e. The van der Waals surface area contributed by atoms with Gasteiger partial charge in [0.05, 0.1) is 6.61 Å². The van der Waals surface area contributed by atoms with Gasteiger partial charge in [-0.15, -0.1) is 6.58 Å². The number of hydrogen-bond donors (Lipinski definition) is 1. The molecule has 0 radical (unpaired) electrons. The Balaban J connectivity index is 2.08. The van der Waals surface area contributed by atoms with E-state index < -0.39 is 0 Å². The first kappa shape index (κ1) is 13.2. The summed E-state index contributed by atoms with van der Waals surface area (Å²) in [5.74, 6) is 1.54. The van der Waals surface area contributed by atoms with Gasteiger partial charge in [0, 0.05) is 17.5 Å². The Hall–Kier alpha value is -1.28. The van der Waals surface area contributed by atoms with Crippen molar-refractivity contribution in [2.75, 3.05) is 13.2 Å². The zero-order valence-corrected chi connectivity index (χ0v) is 11.2. The summed E-state index contributed by atoms with van der Waals surface area (Å²) in [5.41, 5.74) is 1.36. The van der Waals surface area contributed by atoms with Crippen LogP contribution in [0.1, 0.15) is 37.7 Å². The van der Waals surface area contributed by atoms with Crippen molar-refractivity contribution in [1.29, 1.82) is 0 Å². The second kappa shape index (κ2) is 6.60. The molecule has 1 aromatic carbocycles. The molecular weight excluding hydrogens is 222 g/mol. The first-order valence-electron chi connectivity index (χ1n) is 6.92. The van der Waals surface area contributed by atoms with E-state index in [9.17, 15) is 0 Å². The molecule has 0 spiro atoms. The topological polar surface area (TPSA) is 21.3 Å². The van der Waals surface area contributed by atoms with E-state index in [4.69, 9.17) is 4.74 Å². The predicted molar refractivity (Wildman–Crippen MR) is 76.2 cm³/mol. The third-order valence-electron chi connectivity index (χ3n) is 3.56. The number of benzene rings is 1. The first-order valence-corrected chi connectivity index (χ1v) is 6.92. The lowest BCUT2D eigenvalue weighted by molar-refractivity contribution is 0.292. The van der Waals surface area contributed by atoms with Crippen molar-refractivity contribution < 1.29 is 4.74 Å². The molecule has 2 rings (SSSR count). The molecule has 2 unspecified atom stereocenters. The van der Waals surface area contributed by atoms with Crippen molar-refractivity contribution in [1.82, 2.24) is 5.32 Å². The molecule has 2 heteroatoms. The van der Waals surface area contributed by atoms with Crippen molar-refractivity contribution in [3.05, 3.63) is 42.5 Å². The molecule has 0 saturated heterocycles. The quantitative estimate of drug-likeness (QED) is 0.742. The molecule has 0 aromatic heterocycles. The lowest BCUT2D eigenvalue weighted by atomic mass is 9.90. The van der Waals surface area contributed by atoms with Crippen LogP contribution in [0.4, 0.5) is 0 Å². The molecule has 0 bridgehead atoms. The fraction of sp³-hybridized carbons (Fsp3) is 0.500. The van der Waals surface area contributed by atoms with Gasteiger partial charge in [0.15, 0.2) is 0 Å². The summed E-state index contributed by atoms with van der Waals surface area (Å²) in [6.45, 7) is 7.90. The van der Waals surface area contributed by atoms with Gasteiger partial charge in [-0.2, -0.15) is 0 Å². The number of fused-ring (bicyclic) bond motifs is 1. The van der Waals surface area contributed by atoms with Crippen LogP contribution in [0, 0.1) is 0 Å². The number of ether oxygens (including phenoxy) is 1. The SMILES string of the molecule is C=CCCC(NCCC)C1COc2ccccc21. The normalized spacial score (nSPS) is 19.1. The molecule has 0 aliphatic carbocycles. The summed E-state index contributed by atoms with van der Waals surface area (Å²) in [4.78, 5) is 0. The van der Waals surface area contributed by atoms with Gasteiger partial charge in [-0.25, -0.2) is 0 Å². The van der Waals surface area contributed by atoms with Crippen LogP contribution >= 0.6 is 0 Å². The van der Waals surface area contributed by atoms with E-state index in [-0.39, 0.29) is 0 Å². The molecule has 0 fully saturated rings. The minimum absolute atomic E-state index is 0.479. The highest BCUT2D eigenvalue weighted by atomic mass is 16.5. The molecule has 18 heavy (non-hydrogen) atoms. The second-order valence-electron chi connectivity index (χ2n) is 4.88. The van der Waals surface area contributed by atoms with E-state index in [0.717, 1.165) is 31.7 Å². The lowest BCUT2D eigenvalue weighted by Gasteiger charge is -2.23. The van der Waals surface area contributed by atoms with Crippen LogP contribution in [0.25, 0.3) is 0 Å². The van der Waals surface area contributed by atoms with E-state index in [0.29, 0.717) is 12.0 Å². The number of allylic oxidation sites excluding steroid dienone is 1. The van der Waals surface area contributed by atoms with Gasteiger partial charge in [0.25, 0.3) is 0 Å². The minimum Gasteiger partial charge on any atom is -0.493 e. The predicted octanol–water partition coefficient (Wildman–Crippen LogP) is 3.50. The molecule has 1 aliphatic rings. The molecule has 2 nitrogen and oxygen atoms in total. The van der Waals surface area contributed by atoms with E-state index in [2.05, 4.69) is 37.0 Å². The number of nitrogens with one attached hydrogen (secondary N) is 1. The van der Waals surface area contributed by atoms with Gasteiger partial charge >= 0.3 is 0 Å². The van der Waals surface area contributed by atoms with Crippen molar-refractivity contribution in [2.45, 2.75) is 38.1 Å². The van der Waals surface area contributed by atoms with Crippen LogP contribution in [-0.2, 0) is 0 Å². The molecule has 0 amide bonds. The Morgan fingerprint density at radius 1 is 1.50 bits per heavy atom. The average Bonchev–Trinajstić information content (AvgIpc) is 2.83. The van der Waals surface area contributed by atoms with Gasteiger partial charge in [-0.05, 0) is 31.9 Å². The Morgan fingerprint density at radius 3 is 3.11 bits per heavy atom. The summed E-state index contributed by atoms with van der Waals surface area (Å²) in [5, 5.41) is 3.66. The zero-order chi connectivity index (χ0) is 12.8. The highest BCUT2D eigenvalue weighted by Crippen LogP contribution is 2.36. The monoisotopic (exact) mass is 245 g/mol. The zero-order valence-electron chi connectivity index (χ0n) is 11.2. The van der Waals surface area contributed by atoms with E-state index in [1.807, 2.05) is 12.1 Å². The molecule has 1 heterocycles. The third kappa shape index (κ3) is 2.94. The van der Waals surface area contributed by atoms with E-state index in [1.54, 1.807) is 0 Å². The fourth-order valence-electron chi connectivity index (χ4n) is 2.59. The standard InChI is InChI=1S/C16H23NO/c1-3-5-9-15(17-11-4-2)14-12-18-16-10-7-6-8-13(14)16/h3,6-8,10,14-15,17H,1,4-5,9,11-12H2,2H3. The summed E-state index contributed by atoms with van der Waals surface area (Å²) >= 11 is 0. The van der Waals surface area contributed by atoms with Gasteiger partial charge in [0.1, 0.15) is 5.75 Å². The molecule has 1 aliphatic heterocycles. The summed E-state index contributed by atoms with van der Waals surface area (Å²) in [7, 11) is 0. The van der Waals surface area contributed by atoms with Crippen LogP contribution in [-0.4, -0.2) is 19.2 Å². The molecule has 1 N–H and O–H groups in total. The van der Waals surface area contributed by atoms with Crippen LogP contribution in [0.2, 0.25) is 0 Å². The maximum atomic E-state index is 5.79. The van der Waals surface area contributed by atoms with E-state index in [1.165, 1.54) is 12.0 Å². The van der Waals surface area contributed by atoms with Crippen molar-refractivity contribution >= 4 is 0 Å². The first-order chi connectivity index (χ1) is 8.86. The van der Waals surface area contributed by atoms with Crippen molar-refractivity contribution in [3.8, 4) is 5.75 Å². The molecule has 2 atom stereocenters. The highest BCUT2D eigenvalue weighted by Gasteiger charge is 2.30. The molecule has 0 saturated carbocycles. The van der Waals surface area contributed by atoms with Crippen LogP contribution in [0.5, 0.6) is 5.75 Å². The van der Waals surface area contributed by atoms with Crippen LogP contribution in [0.15, 0.2) is 36.9 Å². The van der Waals surface area contributed by atoms with Gasteiger partial charge < -0.3 is 10.1 Å². The largest absolute Gasteiger partial charge is 0.493 e. The van der Waals surface area contributed by atoms with Crippen molar-refractivity contribution in [3.63, 3.8) is 0 Å². The second-order valence-corrected chi connectivity index (χ2v) is 4.88. The average molecular weight is 245 g/mol. The highest BCUT2D eigenvalue weighted by molar-refractivity contribution is 5.40. The molecule has 1 aromatic rings. The number of hydrogen-bond acceptors (Lipinski definition) is 2. The fourth-order valence-corrected chi connectivity index (χ4v) is 2.59. The van der Waals surface area contributed by atoms with Crippen LogP contribution in [0.3, 0.4) is 0 Å². The maximum absolute atomic E-state index is 5.79. The van der Waals surface area contributed by atoms with Crippen LogP contribution < -0.4 is 10.1 Å². The smallest absolute Gasteiger partial charge is 0.122 e. The number of para-hydroxylation sites is 1. The van der Waals surface area contributed by atoms with Gasteiger partial charge in [-0.3, -0.25) is 0 Å². The summed E-state index contributed by atoms with van der Waals surface area (Å²) in [6.07, 6.45) is 5.36. The Kier molecular flexibility index (Phi) is 4.82.